The van der Waals surface area contributed by atoms with Crippen molar-refractivity contribution in [2.45, 2.75) is 6.54 Å². The van der Waals surface area contributed by atoms with E-state index in [0.717, 1.165) is 42.4 Å². The zero-order valence-corrected chi connectivity index (χ0v) is 18.9. The van der Waals surface area contributed by atoms with Gasteiger partial charge in [-0.25, -0.2) is 0 Å². The first-order valence-corrected chi connectivity index (χ1v) is 12.0. The lowest BCUT2D eigenvalue weighted by Crippen LogP contribution is -2.48. The predicted molar refractivity (Wildman–Crippen MR) is 125 cm³/mol. The summed E-state index contributed by atoms with van der Waals surface area (Å²) in [5.74, 6) is 2.39. The van der Waals surface area contributed by atoms with Gasteiger partial charge in [0, 0.05) is 55.1 Å². The number of piperazine rings is 1. The van der Waals surface area contributed by atoms with Crippen molar-refractivity contribution in [3.05, 3.63) is 64.8 Å². The van der Waals surface area contributed by atoms with Crippen LogP contribution in [0.5, 0.6) is 11.5 Å². The molecule has 0 spiro atoms. The van der Waals surface area contributed by atoms with Crippen molar-refractivity contribution >= 4 is 29.3 Å². The zero-order chi connectivity index (χ0) is 22.6. The first-order chi connectivity index (χ1) is 16.2. The third kappa shape index (κ3) is 5.09. The summed E-state index contributed by atoms with van der Waals surface area (Å²) in [6.45, 7) is 4.48. The minimum absolute atomic E-state index is 0.0301. The van der Waals surface area contributed by atoms with Crippen molar-refractivity contribution in [3.63, 3.8) is 0 Å². The first-order valence-electron chi connectivity index (χ1n) is 10.9. The maximum Gasteiger partial charge on any atom is 0.291 e. The highest BCUT2D eigenvalue weighted by atomic mass is 32.2. The maximum atomic E-state index is 13.1. The van der Waals surface area contributed by atoms with E-state index in [1.807, 2.05) is 17.0 Å². The first kappa shape index (κ1) is 21.7. The van der Waals surface area contributed by atoms with Gasteiger partial charge in [0.05, 0.1) is 6.61 Å². The minimum Gasteiger partial charge on any atom is -0.487 e. The number of carbonyl (C=O) groups excluding carboxylic acids is 2. The molecular formula is C24H25N3O5S. The van der Waals surface area contributed by atoms with Gasteiger partial charge in [0.2, 0.25) is 6.79 Å². The summed E-state index contributed by atoms with van der Waals surface area (Å²) in [5.41, 5.74) is 2.30. The number of fused-ring (bicyclic) bond motifs is 1. The molecule has 0 aliphatic carbocycles. The van der Waals surface area contributed by atoms with Gasteiger partial charge in [-0.2, -0.15) is 0 Å². The van der Waals surface area contributed by atoms with Gasteiger partial charge >= 0.3 is 0 Å². The van der Waals surface area contributed by atoms with Gasteiger partial charge in [0.25, 0.3) is 11.8 Å². The van der Waals surface area contributed by atoms with Crippen LogP contribution in [0, 0.1) is 0 Å². The number of anilines is 1. The standard InChI is InChI=1S/C24H25N3O5S/c28-23(22-15-33-11-10-30-22)25-19-3-1-2-18(13-19)24(29)27-8-6-26(7-9-27)14-17-4-5-20-21(12-17)32-16-31-20/h1-5,12-13,15H,6-11,14,16H2,(H,25,28). The molecule has 2 amide bonds. The Morgan fingerprint density at radius 1 is 0.970 bits per heavy atom. The highest BCUT2D eigenvalue weighted by molar-refractivity contribution is 8.02. The molecule has 1 saturated heterocycles. The molecule has 0 radical (unpaired) electrons. The fourth-order valence-electron chi connectivity index (χ4n) is 4.00. The molecule has 1 N–H and O–H groups in total. The van der Waals surface area contributed by atoms with Crippen LogP contribution in [-0.4, -0.2) is 66.9 Å². The lowest BCUT2D eigenvalue weighted by atomic mass is 10.1. The monoisotopic (exact) mass is 467 g/mol. The van der Waals surface area contributed by atoms with E-state index in [4.69, 9.17) is 14.2 Å². The second kappa shape index (κ2) is 9.76. The SMILES string of the molecule is O=C(Nc1cccc(C(=O)N2CCN(Cc3ccc4c(c3)OCO4)CC2)c1)C1=CSCCO1. The number of thioether (sulfide) groups is 1. The number of rotatable bonds is 5. The van der Waals surface area contributed by atoms with E-state index in [1.54, 1.807) is 41.4 Å². The summed E-state index contributed by atoms with van der Waals surface area (Å²) in [7, 11) is 0. The summed E-state index contributed by atoms with van der Waals surface area (Å²) < 4.78 is 16.2. The van der Waals surface area contributed by atoms with E-state index in [9.17, 15) is 9.59 Å². The van der Waals surface area contributed by atoms with Crippen LogP contribution in [0.4, 0.5) is 5.69 Å². The van der Waals surface area contributed by atoms with Crippen molar-refractivity contribution < 1.29 is 23.8 Å². The predicted octanol–water partition coefficient (Wildman–Crippen LogP) is 2.92. The summed E-state index contributed by atoms with van der Waals surface area (Å²) in [4.78, 5) is 29.6. The summed E-state index contributed by atoms with van der Waals surface area (Å²) in [6.07, 6.45) is 0. The second-order valence-electron chi connectivity index (χ2n) is 7.99. The highest BCUT2D eigenvalue weighted by Crippen LogP contribution is 2.33. The zero-order valence-electron chi connectivity index (χ0n) is 18.1. The van der Waals surface area contributed by atoms with Crippen LogP contribution >= 0.6 is 11.8 Å². The molecule has 0 atom stereocenters. The number of nitrogens with one attached hydrogen (secondary N) is 1. The molecule has 3 aliphatic rings. The second-order valence-corrected chi connectivity index (χ2v) is 8.97. The van der Waals surface area contributed by atoms with Crippen molar-refractivity contribution in [1.29, 1.82) is 0 Å². The summed E-state index contributed by atoms with van der Waals surface area (Å²) in [6, 6.07) is 13.1. The van der Waals surface area contributed by atoms with E-state index >= 15 is 0 Å². The van der Waals surface area contributed by atoms with Crippen molar-refractivity contribution in [3.8, 4) is 11.5 Å². The third-order valence-electron chi connectivity index (χ3n) is 5.74. The van der Waals surface area contributed by atoms with Crippen molar-refractivity contribution in [2.24, 2.45) is 0 Å². The Balaban J connectivity index is 1.16. The topological polar surface area (TPSA) is 80.3 Å². The van der Waals surface area contributed by atoms with Crippen LogP contribution in [0.2, 0.25) is 0 Å². The van der Waals surface area contributed by atoms with Crippen LogP contribution in [-0.2, 0) is 16.1 Å². The lowest BCUT2D eigenvalue weighted by molar-refractivity contribution is -0.116. The van der Waals surface area contributed by atoms with Crippen LogP contribution in [0.3, 0.4) is 0 Å². The van der Waals surface area contributed by atoms with E-state index in [-0.39, 0.29) is 18.6 Å². The van der Waals surface area contributed by atoms with E-state index in [1.165, 1.54) is 0 Å². The Kier molecular flexibility index (Phi) is 6.41. The normalized spacial score (nSPS) is 17.8. The molecular weight excluding hydrogens is 442 g/mol. The lowest BCUT2D eigenvalue weighted by Gasteiger charge is -2.34. The van der Waals surface area contributed by atoms with Crippen LogP contribution in [0.15, 0.2) is 53.6 Å². The molecule has 3 heterocycles. The van der Waals surface area contributed by atoms with Crippen molar-refractivity contribution in [1.82, 2.24) is 9.80 Å². The van der Waals surface area contributed by atoms with E-state index < -0.39 is 0 Å². The Hall–Kier alpha value is -3.17. The molecule has 2 aromatic carbocycles. The maximum absolute atomic E-state index is 13.1. The number of hydrogen-bond acceptors (Lipinski definition) is 7. The molecule has 33 heavy (non-hydrogen) atoms. The van der Waals surface area contributed by atoms with Gasteiger partial charge in [-0.3, -0.25) is 14.5 Å². The molecule has 172 valence electrons. The smallest absolute Gasteiger partial charge is 0.291 e. The molecule has 0 aromatic heterocycles. The molecule has 2 aromatic rings. The summed E-state index contributed by atoms with van der Waals surface area (Å²) >= 11 is 1.55. The summed E-state index contributed by atoms with van der Waals surface area (Å²) in [5, 5.41) is 4.54. The Bertz CT molecular complexity index is 1080. The fraction of sp³-hybridized carbons (Fsp3) is 0.333. The van der Waals surface area contributed by atoms with Crippen LogP contribution < -0.4 is 14.8 Å². The molecule has 1 fully saturated rings. The average Bonchev–Trinajstić information content (AvgIpc) is 3.33. The van der Waals surface area contributed by atoms with Gasteiger partial charge in [-0.15, -0.1) is 11.8 Å². The molecule has 0 saturated carbocycles. The van der Waals surface area contributed by atoms with Crippen LogP contribution in [0.1, 0.15) is 15.9 Å². The van der Waals surface area contributed by atoms with Crippen LogP contribution in [0.25, 0.3) is 0 Å². The quantitative estimate of drug-likeness (QED) is 0.724. The van der Waals surface area contributed by atoms with Crippen molar-refractivity contribution in [2.75, 3.05) is 50.6 Å². The molecule has 9 heteroatoms. The molecule has 5 rings (SSSR count). The molecule has 3 aliphatic heterocycles. The number of hydrogen-bond donors (Lipinski definition) is 1. The minimum atomic E-state index is -0.302. The van der Waals surface area contributed by atoms with Gasteiger partial charge in [0.15, 0.2) is 17.3 Å². The Labute approximate surface area is 196 Å². The number of carbonyl (C=O) groups is 2. The Morgan fingerprint density at radius 3 is 2.64 bits per heavy atom. The molecule has 8 nitrogen and oxygen atoms in total. The van der Waals surface area contributed by atoms with Gasteiger partial charge in [-0.1, -0.05) is 12.1 Å². The molecule has 0 unspecified atom stereocenters. The van der Waals surface area contributed by atoms with Gasteiger partial charge in [-0.05, 0) is 35.9 Å². The Morgan fingerprint density at radius 2 is 1.82 bits per heavy atom. The van der Waals surface area contributed by atoms with Gasteiger partial charge in [0.1, 0.15) is 0 Å². The van der Waals surface area contributed by atoms with Gasteiger partial charge < -0.3 is 24.4 Å². The third-order valence-corrected chi connectivity index (χ3v) is 6.53. The molecule has 0 bridgehead atoms. The highest BCUT2D eigenvalue weighted by Gasteiger charge is 2.23. The average molecular weight is 468 g/mol. The number of ether oxygens (including phenoxy) is 3. The fourth-order valence-corrected chi connectivity index (χ4v) is 4.62. The number of nitrogens with zero attached hydrogens (tertiary/aromatic N) is 2. The van der Waals surface area contributed by atoms with E-state index in [2.05, 4.69) is 16.3 Å². The number of amides is 2. The largest absolute Gasteiger partial charge is 0.487 e. The number of benzene rings is 2. The van der Waals surface area contributed by atoms with E-state index in [0.29, 0.717) is 36.7 Å².